The summed E-state index contributed by atoms with van der Waals surface area (Å²) in [6.45, 7) is 4.71. The number of piperidine rings is 1. The molecule has 0 bridgehead atoms. The third-order valence-corrected chi connectivity index (χ3v) is 4.23. The minimum Gasteiger partial charge on any atom is -0.353 e. The molecule has 1 unspecified atom stereocenters. The first kappa shape index (κ1) is 22.2. The van der Waals surface area contributed by atoms with Gasteiger partial charge < -0.3 is 10.6 Å². The summed E-state index contributed by atoms with van der Waals surface area (Å²) in [5, 5.41) is 6.36. The van der Waals surface area contributed by atoms with E-state index in [9.17, 15) is 4.79 Å². The van der Waals surface area contributed by atoms with Crippen LogP contribution in [-0.2, 0) is 11.3 Å². The average Bonchev–Trinajstić information content (AvgIpc) is 2.54. The molecule has 1 aromatic rings. The Hall–Kier alpha value is -0.810. The molecule has 2 N–H and O–H groups in total. The third-order valence-electron chi connectivity index (χ3n) is 4.23. The standard InChI is InChI=1S/C17H27N3O.2ClH/c1-14(20(2)13-15-8-4-3-5-9-15)12-19-17(21)16-10-6-7-11-18-16;;/h3-5,8-9,14,16,18H,6-7,10-13H2,1-2H3,(H,19,21);2*1H/t14?,16-;;/m1../s1. The van der Waals surface area contributed by atoms with E-state index in [1.807, 2.05) is 6.07 Å². The molecule has 6 heteroatoms. The number of carbonyl (C=O) groups excluding carboxylic acids is 1. The van der Waals surface area contributed by atoms with Gasteiger partial charge in [-0.05, 0) is 38.9 Å². The number of halogens is 2. The second-order valence-electron chi connectivity index (χ2n) is 6.00. The number of nitrogens with one attached hydrogen (secondary N) is 2. The lowest BCUT2D eigenvalue weighted by atomic mass is 10.0. The second kappa shape index (κ2) is 11.7. The molecule has 1 saturated heterocycles. The predicted octanol–water partition coefficient (Wildman–Crippen LogP) is 2.61. The van der Waals surface area contributed by atoms with Gasteiger partial charge in [-0.25, -0.2) is 0 Å². The molecule has 0 aromatic heterocycles. The summed E-state index contributed by atoms with van der Waals surface area (Å²) < 4.78 is 0. The highest BCUT2D eigenvalue weighted by atomic mass is 35.5. The highest BCUT2D eigenvalue weighted by molar-refractivity contribution is 5.85. The summed E-state index contributed by atoms with van der Waals surface area (Å²) in [4.78, 5) is 14.4. The maximum absolute atomic E-state index is 12.1. The molecule has 2 rings (SSSR count). The van der Waals surface area contributed by atoms with Crippen LogP contribution in [0.3, 0.4) is 0 Å². The van der Waals surface area contributed by atoms with Crippen molar-refractivity contribution in [1.82, 2.24) is 15.5 Å². The van der Waals surface area contributed by atoms with Crippen LogP contribution in [0.25, 0.3) is 0 Å². The zero-order valence-electron chi connectivity index (χ0n) is 14.0. The van der Waals surface area contributed by atoms with Gasteiger partial charge in [0.1, 0.15) is 0 Å². The van der Waals surface area contributed by atoms with Crippen molar-refractivity contribution in [3.63, 3.8) is 0 Å². The Morgan fingerprint density at radius 2 is 2.00 bits per heavy atom. The monoisotopic (exact) mass is 361 g/mol. The molecule has 1 aliphatic heterocycles. The first-order valence-corrected chi connectivity index (χ1v) is 7.92. The topological polar surface area (TPSA) is 44.4 Å². The smallest absolute Gasteiger partial charge is 0.237 e. The number of benzene rings is 1. The molecule has 4 nitrogen and oxygen atoms in total. The number of nitrogens with zero attached hydrogens (tertiary/aromatic N) is 1. The van der Waals surface area contributed by atoms with Gasteiger partial charge in [0.25, 0.3) is 0 Å². The minimum atomic E-state index is 0. The maximum Gasteiger partial charge on any atom is 0.237 e. The maximum atomic E-state index is 12.1. The van der Waals surface area contributed by atoms with Gasteiger partial charge in [-0.1, -0.05) is 36.8 Å². The first-order chi connectivity index (χ1) is 10.2. The largest absolute Gasteiger partial charge is 0.353 e. The molecule has 1 aromatic carbocycles. The molecular formula is C17H29Cl2N3O. The van der Waals surface area contributed by atoms with Crippen LogP contribution in [0.5, 0.6) is 0 Å². The number of amides is 1. The lowest BCUT2D eigenvalue weighted by molar-refractivity contribution is -0.123. The predicted molar refractivity (Wildman–Crippen MR) is 101 cm³/mol. The molecule has 1 heterocycles. The van der Waals surface area contributed by atoms with E-state index in [0.29, 0.717) is 12.6 Å². The van der Waals surface area contributed by atoms with Crippen LogP contribution in [0.2, 0.25) is 0 Å². The molecule has 1 amide bonds. The van der Waals surface area contributed by atoms with Gasteiger partial charge in [0.05, 0.1) is 6.04 Å². The summed E-state index contributed by atoms with van der Waals surface area (Å²) in [5.41, 5.74) is 1.30. The van der Waals surface area contributed by atoms with Crippen LogP contribution >= 0.6 is 24.8 Å². The molecule has 1 fully saturated rings. The summed E-state index contributed by atoms with van der Waals surface area (Å²) >= 11 is 0. The Labute approximate surface area is 152 Å². The fourth-order valence-corrected chi connectivity index (χ4v) is 2.63. The number of hydrogen-bond donors (Lipinski definition) is 2. The zero-order chi connectivity index (χ0) is 15.1. The fraction of sp³-hybridized carbons (Fsp3) is 0.588. The van der Waals surface area contributed by atoms with Crippen molar-refractivity contribution in [3.05, 3.63) is 35.9 Å². The first-order valence-electron chi connectivity index (χ1n) is 7.92. The van der Waals surface area contributed by atoms with Crippen molar-refractivity contribution in [2.75, 3.05) is 20.1 Å². The molecule has 1 aliphatic rings. The van der Waals surface area contributed by atoms with Gasteiger partial charge in [-0.3, -0.25) is 9.69 Å². The van der Waals surface area contributed by atoms with E-state index in [0.717, 1.165) is 25.9 Å². The zero-order valence-corrected chi connectivity index (χ0v) is 15.6. The third kappa shape index (κ3) is 7.53. The highest BCUT2D eigenvalue weighted by Crippen LogP contribution is 2.08. The number of rotatable bonds is 6. The molecule has 0 aliphatic carbocycles. The summed E-state index contributed by atoms with van der Waals surface area (Å²) in [6, 6.07) is 10.7. The van der Waals surface area contributed by atoms with Crippen molar-refractivity contribution in [3.8, 4) is 0 Å². The molecule has 2 atom stereocenters. The van der Waals surface area contributed by atoms with Gasteiger partial charge in [0, 0.05) is 19.1 Å². The molecular weight excluding hydrogens is 333 g/mol. The van der Waals surface area contributed by atoms with Gasteiger partial charge in [-0.15, -0.1) is 24.8 Å². The van der Waals surface area contributed by atoms with E-state index < -0.39 is 0 Å². The van der Waals surface area contributed by atoms with Crippen molar-refractivity contribution < 1.29 is 4.79 Å². The van der Waals surface area contributed by atoms with Crippen molar-refractivity contribution in [1.29, 1.82) is 0 Å². The van der Waals surface area contributed by atoms with Gasteiger partial charge in [-0.2, -0.15) is 0 Å². The van der Waals surface area contributed by atoms with E-state index in [2.05, 4.69) is 53.8 Å². The van der Waals surface area contributed by atoms with Crippen LogP contribution in [-0.4, -0.2) is 43.0 Å². The van der Waals surface area contributed by atoms with Crippen molar-refractivity contribution >= 4 is 30.7 Å². The highest BCUT2D eigenvalue weighted by Gasteiger charge is 2.21. The lowest BCUT2D eigenvalue weighted by Gasteiger charge is -2.27. The molecule has 132 valence electrons. The lowest BCUT2D eigenvalue weighted by Crippen LogP contribution is -2.49. The number of hydrogen-bond acceptors (Lipinski definition) is 3. The minimum absolute atomic E-state index is 0. The Balaban J connectivity index is 0.00000242. The normalized spacial score (nSPS) is 18.5. The van der Waals surface area contributed by atoms with Crippen LogP contribution < -0.4 is 10.6 Å². The van der Waals surface area contributed by atoms with Gasteiger partial charge in [0.15, 0.2) is 0 Å². The van der Waals surface area contributed by atoms with Crippen LogP contribution in [0.15, 0.2) is 30.3 Å². The van der Waals surface area contributed by atoms with Gasteiger partial charge >= 0.3 is 0 Å². The van der Waals surface area contributed by atoms with Crippen LogP contribution in [0.1, 0.15) is 31.7 Å². The number of likely N-dealkylation sites (N-methyl/N-ethyl adjacent to an activating group) is 1. The van der Waals surface area contributed by atoms with E-state index in [4.69, 9.17) is 0 Å². The SMILES string of the molecule is CC(CNC(=O)[C@H]1CCCCN1)N(C)Cc1ccccc1.Cl.Cl. The molecule has 23 heavy (non-hydrogen) atoms. The van der Waals surface area contributed by atoms with E-state index in [1.54, 1.807) is 0 Å². The Morgan fingerprint density at radius 1 is 1.30 bits per heavy atom. The number of carbonyl (C=O) groups is 1. The summed E-state index contributed by atoms with van der Waals surface area (Å²) in [6.07, 6.45) is 3.29. The van der Waals surface area contributed by atoms with E-state index in [-0.39, 0.29) is 36.8 Å². The quantitative estimate of drug-likeness (QED) is 0.818. The van der Waals surface area contributed by atoms with Crippen LogP contribution in [0.4, 0.5) is 0 Å². The van der Waals surface area contributed by atoms with Crippen molar-refractivity contribution in [2.45, 2.75) is 44.8 Å². The van der Waals surface area contributed by atoms with E-state index >= 15 is 0 Å². The molecule has 0 spiro atoms. The Bertz CT molecular complexity index is 439. The summed E-state index contributed by atoms with van der Waals surface area (Å²) in [5.74, 6) is 0.148. The second-order valence-corrected chi connectivity index (χ2v) is 6.00. The van der Waals surface area contributed by atoms with Gasteiger partial charge in [0.2, 0.25) is 5.91 Å². The fourth-order valence-electron chi connectivity index (χ4n) is 2.63. The van der Waals surface area contributed by atoms with Crippen molar-refractivity contribution in [2.24, 2.45) is 0 Å². The summed E-state index contributed by atoms with van der Waals surface area (Å²) in [7, 11) is 2.10. The Morgan fingerprint density at radius 3 is 2.61 bits per heavy atom. The van der Waals surface area contributed by atoms with E-state index in [1.165, 1.54) is 12.0 Å². The Kier molecular flexibility index (Phi) is 11.3. The molecule has 0 radical (unpaired) electrons. The average molecular weight is 362 g/mol. The molecule has 0 saturated carbocycles. The van der Waals surface area contributed by atoms with Crippen LogP contribution in [0, 0.1) is 0 Å².